The Morgan fingerprint density at radius 2 is 2.44 bits per heavy atom. The number of hydrogen-bond acceptors (Lipinski definition) is 3. The van der Waals surface area contributed by atoms with Gasteiger partial charge < -0.3 is 15.0 Å². The van der Waals surface area contributed by atoms with Gasteiger partial charge in [-0.05, 0) is 18.4 Å². The van der Waals surface area contributed by atoms with Crippen molar-refractivity contribution in [1.82, 2.24) is 0 Å². The lowest BCUT2D eigenvalue weighted by atomic mass is 10.5. The Balaban J connectivity index is 3.27. The zero-order valence-electron chi connectivity index (χ0n) is 5.33. The van der Waals surface area contributed by atoms with Gasteiger partial charge in [0.1, 0.15) is 0 Å². The van der Waals surface area contributed by atoms with Crippen molar-refractivity contribution in [2.75, 3.05) is 12.0 Å². The number of hydrogen-bond donors (Lipinski definition) is 2. The van der Waals surface area contributed by atoms with Crippen LogP contribution in [0.5, 0.6) is 0 Å². The molecule has 9 heavy (non-hydrogen) atoms. The van der Waals surface area contributed by atoms with Crippen molar-refractivity contribution in [3.63, 3.8) is 0 Å². The number of thioether (sulfide) groups is 1. The van der Waals surface area contributed by atoms with Crippen LogP contribution in [0.25, 0.3) is 0 Å². The van der Waals surface area contributed by atoms with E-state index in [2.05, 4.69) is 0 Å². The highest BCUT2D eigenvalue weighted by Crippen LogP contribution is 1.97. The van der Waals surface area contributed by atoms with E-state index in [1.807, 2.05) is 6.26 Å². The third kappa shape index (κ3) is 4.62. The van der Waals surface area contributed by atoms with Gasteiger partial charge in [-0.3, -0.25) is 0 Å². The van der Waals surface area contributed by atoms with E-state index < -0.39 is 14.6 Å². The van der Waals surface area contributed by atoms with Crippen LogP contribution < -0.4 is 5.73 Å². The summed E-state index contributed by atoms with van der Waals surface area (Å²) < 4.78 is 10.3. The van der Waals surface area contributed by atoms with Crippen molar-refractivity contribution in [2.24, 2.45) is 5.73 Å². The molecule has 3 nitrogen and oxygen atoms in total. The predicted octanol–water partition coefficient (Wildman–Crippen LogP) is -0.483. The second-order valence-corrected chi connectivity index (χ2v) is 4.13. The van der Waals surface area contributed by atoms with Gasteiger partial charge in [-0.15, -0.1) is 0 Å². The van der Waals surface area contributed by atoms with E-state index >= 15 is 0 Å². The van der Waals surface area contributed by atoms with Gasteiger partial charge in [0.25, 0.3) is 0 Å². The molecule has 0 aromatic rings. The molecular formula is C4H11NO2SSi. The van der Waals surface area contributed by atoms with E-state index in [1.54, 1.807) is 11.8 Å². The highest BCUT2D eigenvalue weighted by atomic mass is 32.2. The summed E-state index contributed by atoms with van der Waals surface area (Å²) in [6.07, 6.45) is 2.58. The van der Waals surface area contributed by atoms with Crippen LogP contribution >= 0.6 is 11.8 Å². The minimum Gasteiger partial charge on any atom is -0.539 e. The highest BCUT2D eigenvalue weighted by molar-refractivity contribution is 7.98. The van der Waals surface area contributed by atoms with Crippen LogP contribution in [0.15, 0.2) is 0 Å². The van der Waals surface area contributed by atoms with Crippen molar-refractivity contribution in [3.8, 4) is 0 Å². The minimum absolute atomic E-state index is 0.498. The summed E-state index contributed by atoms with van der Waals surface area (Å²) in [5, 5.41) is 0. The van der Waals surface area contributed by atoms with Crippen LogP contribution in [-0.4, -0.2) is 31.4 Å². The van der Waals surface area contributed by atoms with Gasteiger partial charge in [-0.1, -0.05) is 0 Å². The van der Waals surface area contributed by atoms with Gasteiger partial charge in [-0.2, -0.15) is 11.8 Å². The molecule has 0 rings (SSSR count). The SMILES string of the molecule is CSCCC(N)[Si](=O)O. The fraction of sp³-hybridized carbons (Fsp3) is 1.00. The Hall–Kier alpha value is 0.127. The van der Waals surface area contributed by atoms with Crippen molar-refractivity contribution < 1.29 is 9.26 Å². The van der Waals surface area contributed by atoms with Crippen molar-refractivity contribution >= 4 is 20.7 Å². The zero-order chi connectivity index (χ0) is 7.28. The lowest BCUT2D eigenvalue weighted by Gasteiger charge is -2.00. The Morgan fingerprint density at radius 3 is 2.78 bits per heavy atom. The summed E-state index contributed by atoms with van der Waals surface area (Å²) >= 11 is 1.63. The minimum atomic E-state index is -2.47. The maximum absolute atomic E-state index is 10.3. The molecule has 0 aromatic carbocycles. The molecule has 54 valence electrons. The fourth-order valence-electron chi connectivity index (χ4n) is 0.368. The van der Waals surface area contributed by atoms with Crippen LogP contribution in [0.4, 0.5) is 0 Å². The third-order valence-corrected chi connectivity index (χ3v) is 2.52. The quantitative estimate of drug-likeness (QED) is 0.552. The normalized spacial score (nSPS) is 13.1. The molecule has 0 saturated heterocycles. The highest BCUT2D eigenvalue weighted by Gasteiger charge is 2.13. The van der Waals surface area contributed by atoms with Crippen molar-refractivity contribution in [1.29, 1.82) is 0 Å². The molecule has 0 radical (unpaired) electrons. The molecule has 0 aliphatic heterocycles. The first-order valence-corrected chi connectivity index (χ1v) is 5.48. The topological polar surface area (TPSA) is 63.3 Å². The number of nitrogens with two attached hydrogens (primary N) is 1. The van der Waals surface area contributed by atoms with Crippen LogP contribution in [0, 0.1) is 0 Å². The molecule has 5 heteroatoms. The maximum atomic E-state index is 10.3. The van der Waals surface area contributed by atoms with E-state index in [0.717, 1.165) is 5.75 Å². The van der Waals surface area contributed by atoms with E-state index in [-0.39, 0.29) is 0 Å². The van der Waals surface area contributed by atoms with Crippen molar-refractivity contribution in [2.45, 2.75) is 12.1 Å². The largest absolute Gasteiger partial charge is 0.539 e. The third-order valence-electron chi connectivity index (χ3n) is 0.950. The molecule has 0 aliphatic carbocycles. The molecule has 3 N–H and O–H groups in total. The molecule has 0 aliphatic rings. The molecule has 1 unspecified atom stereocenters. The number of rotatable bonds is 4. The zero-order valence-corrected chi connectivity index (χ0v) is 7.15. The van der Waals surface area contributed by atoms with E-state index in [0.29, 0.717) is 6.42 Å². The standard InChI is InChI=1S/C4H11NO2SSi/c1-8-3-2-4(5)9(6)7/h4,6H,2-3,5H2,1H3. The Labute approximate surface area is 60.4 Å². The van der Waals surface area contributed by atoms with Gasteiger partial charge in [0, 0.05) is 0 Å². The van der Waals surface area contributed by atoms with Gasteiger partial charge in [-0.25, -0.2) is 0 Å². The monoisotopic (exact) mass is 165 g/mol. The second-order valence-electron chi connectivity index (χ2n) is 1.73. The lowest BCUT2D eigenvalue weighted by Crippen LogP contribution is -2.32. The van der Waals surface area contributed by atoms with E-state index in [9.17, 15) is 4.46 Å². The van der Waals surface area contributed by atoms with Crippen LogP contribution in [0.2, 0.25) is 0 Å². The van der Waals surface area contributed by atoms with Crippen LogP contribution in [0.1, 0.15) is 6.42 Å². The fourth-order valence-corrected chi connectivity index (χ4v) is 1.46. The van der Waals surface area contributed by atoms with Crippen LogP contribution in [-0.2, 0) is 4.46 Å². The van der Waals surface area contributed by atoms with Gasteiger partial charge in [0.2, 0.25) is 0 Å². The smallest absolute Gasteiger partial charge is 0.518 e. The molecule has 0 amide bonds. The second kappa shape index (κ2) is 4.96. The molecule has 0 spiro atoms. The Bertz CT molecular complexity index is 101. The molecule has 0 saturated carbocycles. The first-order chi connectivity index (χ1) is 4.18. The predicted molar refractivity (Wildman–Crippen MR) is 39.6 cm³/mol. The lowest BCUT2D eigenvalue weighted by molar-refractivity contribution is 0.428. The van der Waals surface area contributed by atoms with E-state index in [4.69, 9.17) is 10.5 Å². The summed E-state index contributed by atoms with van der Waals surface area (Å²) in [4.78, 5) is 8.46. The molecule has 0 heterocycles. The molecule has 0 aromatic heterocycles. The average Bonchev–Trinajstić information content (AvgIpc) is 1.82. The maximum Gasteiger partial charge on any atom is 0.518 e. The van der Waals surface area contributed by atoms with E-state index in [1.165, 1.54) is 0 Å². The molecule has 0 fully saturated rings. The van der Waals surface area contributed by atoms with Gasteiger partial charge in [0.15, 0.2) is 0 Å². The summed E-state index contributed by atoms with van der Waals surface area (Å²) in [7, 11) is -2.47. The Kier molecular flexibility index (Phi) is 5.03. The van der Waals surface area contributed by atoms with Crippen molar-refractivity contribution in [3.05, 3.63) is 0 Å². The molecular weight excluding hydrogens is 154 g/mol. The first kappa shape index (κ1) is 9.13. The summed E-state index contributed by atoms with van der Waals surface area (Å²) in [6.45, 7) is 0. The summed E-state index contributed by atoms with van der Waals surface area (Å²) in [6, 6.07) is 0. The molecule has 0 bridgehead atoms. The Morgan fingerprint density at radius 1 is 1.89 bits per heavy atom. The average molecular weight is 165 g/mol. The van der Waals surface area contributed by atoms with Crippen LogP contribution in [0.3, 0.4) is 0 Å². The first-order valence-electron chi connectivity index (χ1n) is 2.65. The van der Waals surface area contributed by atoms with Gasteiger partial charge >= 0.3 is 8.93 Å². The summed E-state index contributed by atoms with van der Waals surface area (Å²) in [5.74, 6) is 0.859. The summed E-state index contributed by atoms with van der Waals surface area (Å²) in [5.41, 5.74) is 4.77. The van der Waals surface area contributed by atoms with Gasteiger partial charge in [0.05, 0.1) is 5.67 Å². The molecule has 1 atom stereocenters.